The van der Waals surface area contributed by atoms with E-state index >= 15 is 0 Å². The molecule has 16 heavy (non-hydrogen) atoms. The van der Waals surface area contributed by atoms with Crippen LogP contribution in [0.2, 0.25) is 0 Å². The Labute approximate surface area is 99.4 Å². The number of piperidine rings is 2. The van der Waals surface area contributed by atoms with Crippen molar-refractivity contribution in [1.29, 1.82) is 0 Å². The van der Waals surface area contributed by atoms with Crippen molar-refractivity contribution in [1.82, 2.24) is 9.80 Å². The summed E-state index contributed by atoms with van der Waals surface area (Å²) in [7, 11) is 0. The average Bonchev–Trinajstić information content (AvgIpc) is 2.30. The van der Waals surface area contributed by atoms with Crippen LogP contribution >= 0.6 is 0 Å². The molecule has 0 bridgehead atoms. The van der Waals surface area contributed by atoms with Crippen LogP contribution in [0.1, 0.15) is 32.6 Å². The van der Waals surface area contributed by atoms with Crippen LogP contribution in [-0.2, 0) is 0 Å². The first kappa shape index (κ1) is 12.3. The molecule has 2 fully saturated rings. The molecule has 94 valence electrons. The van der Waals surface area contributed by atoms with Gasteiger partial charge in [0.2, 0.25) is 0 Å². The molecule has 3 nitrogen and oxygen atoms in total. The fourth-order valence-corrected chi connectivity index (χ4v) is 2.71. The second-order valence-electron chi connectivity index (χ2n) is 5.60. The van der Waals surface area contributed by atoms with Gasteiger partial charge in [-0.05, 0) is 44.7 Å². The molecule has 1 N–H and O–H groups in total. The lowest BCUT2D eigenvalue weighted by molar-refractivity contribution is 0.0735. The molecule has 3 heteroatoms. The lowest BCUT2D eigenvalue weighted by Gasteiger charge is -2.34. The number of hydrogen-bond donors (Lipinski definition) is 1. The van der Waals surface area contributed by atoms with Crippen LogP contribution in [0.3, 0.4) is 0 Å². The summed E-state index contributed by atoms with van der Waals surface area (Å²) in [5, 5.41) is 9.44. The van der Waals surface area contributed by atoms with Crippen molar-refractivity contribution < 1.29 is 5.11 Å². The van der Waals surface area contributed by atoms with Crippen molar-refractivity contribution in [3.63, 3.8) is 0 Å². The van der Waals surface area contributed by atoms with E-state index in [0.29, 0.717) is 0 Å². The highest BCUT2D eigenvalue weighted by atomic mass is 16.3. The van der Waals surface area contributed by atoms with E-state index in [1.54, 1.807) is 0 Å². The maximum Gasteiger partial charge on any atom is 0.0564 e. The molecule has 0 atom stereocenters. The summed E-state index contributed by atoms with van der Waals surface area (Å²) in [6.45, 7) is 9.54. The third-order valence-corrected chi connectivity index (χ3v) is 4.17. The molecule has 0 spiro atoms. The van der Waals surface area contributed by atoms with E-state index in [1.165, 1.54) is 39.0 Å². The smallest absolute Gasteiger partial charge is 0.0564 e. The van der Waals surface area contributed by atoms with Gasteiger partial charge in [0.25, 0.3) is 0 Å². The summed E-state index contributed by atoms with van der Waals surface area (Å²) in [5.41, 5.74) is 0. The van der Waals surface area contributed by atoms with E-state index in [4.69, 9.17) is 0 Å². The molecule has 0 aromatic rings. The summed E-state index contributed by atoms with van der Waals surface area (Å²) in [6, 6.07) is 0. The van der Waals surface area contributed by atoms with Gasteiger partial charge in [-0.1, -0.05) is 6.92 Å². The fourth-order valence-electron chi connectivity index (χ4n) is 2.71. The minimum atomic E-state index is -0.0351. The van der Waals surface area contributed by atoms with Gasteiger partial charge in [0.15, 0.2) is 0 Å². The molecule has 0 unspecified atom stereocenters. The van der Waals surface area contributed by atoms with Crippen molar-refractivity contribution >= 4 is 0 Å². The van der Waals surface area contributed by atoms with E-state index in [-0.39, 0.29) is 6.10 Å². The Morgan fingerprint density at radius 1 is 0.875 bits per heavy atom. The lowest BCUT2D eigenvalue weighted by Crippen LogP contribution is -2.42. The number of hydrogen-bond acceptors (Lipinski definition) is 3. The molecule has 2 aliphatic heterocycles. The summed E-state index contributed by atoms with van der Waals surface area (Å²) < 4.78 is 0. The van der Waals surface area contributed by atoms with Gasteiger partial charge in [-0.3, -0.25) is 0 Å². The minimum absolute atomic E-state index is 0.0351. The summed E-state index contributed by atoms with van der Waals surface area (Å²) >= 11 is 0. The van der Waals surface area contributed by atoms with E-state index < -0.39 is 0 Å². The molecular formula is C13H26N2O. The summed E-state index contributed by atoms with van der Waals surface area (Å²) in [5.74, 6) is 0.932. The monoisotopic (exact) mass is 226 g/mol. The predicted molar refractivity (Wildman–Crippen MR) is 66.5 cm³/mol. The van der Waals surface area contributed by atoms with Gasteiger partial charge in [0.05, 0.1) is 6.10 Å². The van der Waals surface area contributed by atoms with Crippen molar-refractivity contribution in [3.8, 4) is 0 Å². The SMILES string of the molecule is CC1CCN(CCN2CCC(O)CC2)CC1. The maximum atomic E-state index is 9.44. The molecule has 2 heterocycles. The Morgan fingerprint density at radius 2 is 1.31 bits per heavy atom. The van der Waals surface area contributed by atoms with Crippen molar-refractivity contribution in [2.75, 3.05) is 39.3 Å². The van der Waals surface area contributed by atoms with Crippen LogP contribution in [0.15, 0.2) is 0 Å². The number of nitrogens with zero attached hydrogens (tertiary/aromatic N) is 2. The molecule has 0 aliphatic carbocycles. The highest BCUT2D eigenvalue weighted by Gasteiger charge is 2.19. The van der Waals surface area contributed by atoms with Crippen LogP contribution in [-0.4, -0.2) is 60.3 Å². The molecule has 0 saturated carbocycles. The van der Waals surface area contributed by atoms with Gasteiger partial charge >= 0.3 is 0 Å². The van der Waals surface area contributed by atoms with Crippen LogP contribution in [0.25, 0.3) is 0 Å². The van der Waals surface area contributed by atoms with Crippen LogP contribution in [0.5, 0.6) is 0 Å². The Bertz CT molecular complexity index is 172. The first-order chi connectivity index (χ1) is 7.74. The highest BCUT2D eigenvalue weighted by molar-refractivity contribution is 4.74. The Balaban J connectivity index is 1.60. The number of likely N-dealkylation sites (tertiary alicyclic amines) is 2. The first-order valence-electron chi connectivity index (χ1n) is 6.87. The number of aliphatic hydroxyl groups is 1. The van der Waals surface area contributed by atoms with E-state index in [2.05, 4.69) is 16.7 Å². The lowest BCUT2D eigenvalue weighted by atomic mass is 9.99. The molecule has 0 aromatic heterocycles. The highest BCUT2D eigenvalue weighted by Crippen LogP contribution is 2.16. The van der Waals surface area contributed by atoms with Crippen molar-refractivity contribution in [3.05, 3.63) is 0 Å². The van der Waals surface area contributed by atoms with Crippen LogP contribution in [0, 0.1) is 5.92 Å². The molecule has 0 amide bonds. The van der Waals surface area contributed by atoms with Gasteiger partial charge in [-0.25, -0.2) is 0 Å². The quantitative estimate of drug-likeness (QED) is 0.783. The molecule has 0 radical (unpaired) electrons. The summed E-state index contributed by atoms with van der Waals surface area (Å²) in [4.78, 5) is 5.11. The Kier molecular flexibility index (Phi) is 4.62. The number of aliphatic hydroxyl groups excluding tert-OH is 1. The van der Waals surface area contributed by atoms with E-state index in [9.17, 15) is 5.11 Å². The normalized spacial score (nSPS) is 27.4. The Hall–Kier alpha value is -0.120. The largest absolute Gasteiger partial charge is 0.393 e. The average molecular weight is 226 g/mol. The fraction of sp³-hybridized carbons (Fsp3) is 1.00. The summed E-state index contributed by atoms with van der Waals surface area (Å²) in [6.07, 6.45) is 4.65. The van der Waals surface area contributed by atoms with Gasteiger partial charge < -0.3 is 14.9 Å². The van der Waals surface area contributed by atoms with E-state index in [1.807, 2.05) is 0 Å². The minimum Gasteiger partial charge on any atom is -0.393 e. The van der Waals surface area contributed by atoms with Gasteiger partial charge in [-0.15, -0.1) is 0 Å². The van der Waals surface area contributed by atoms with Crippen molar-refractivity contribution in [2.45, 2.75) is 38.7 Å². The molecule has 0 aromatic carbocycles. The van der Waals surface area contributed by atoms with Crippen LogP contribution in [0.4, 0.5) is 0 Å². The predicted octanol–water partition coefficient (Wildman–Crippen LogP) is 1.17. The van der Waals surface area contributed by atoms with Gasteiger partial charge in [-0.2, -0.15) is 0 Å². The van der Waals surface area contributed by atoms with Gasteiger partial charge in [0.1, 0.15) is 0 Å². The molecular weight excluding hydrogens is 200 g/mol. The zero-order valence-electron chi connectivity index (χ0n) is 10.6. The van der Waals surface area contributed by atoms with Crippen LogP contribution < -0.4 is 0 Å². The van der Waals surface area contributed by atoms with Crippen molar-refractivity contribution in [2.24, 2.45) is 5.92 Å². The second-order valence-corrected chi connectivity index (χ2v) is 5.60. The standard InChI is InChI=1S/C13H26N2O/c1-12-2-6-14(7-3-12)10-11-15-8-4-13(16)5-9-15/h12-13,16H,2-11H2,1H3. The maximum absolute atomic E-state index is 9.44. The number of rotatable bonds is 3. The second kappa shape index (κ2) is 5.99. The topological polar surface area (TPSA) is 26.7 Å². The van der Waals surface area contributed by atoms with Gasteiger partial charge in [0, 0.05) is 26.2 Å². The van der Waals surface area contributed by atoms with E-state index in [0.717, 1.165) is 31.8 Å². The molecule has 2 aliphatic rings. The molecule has 2 saturated heterocycles. The first-order valence-corrected chi connectivity index (χ1v) is 6.87. The third kappa shape index (κ3) is 3.72. The zero-order chi connectivity index (χ0) is 11.4. The Morgan fingerprint density at radius 3 is 1.81 bits per heavy atom. The zero-order valence-corrected chi connectivity index (χ0v) is 10.6. The third-order valence-electron chi connectivity index (χ3n) is 4.17. The molecule has 2 rings (SSSR count).